The van der Waals surface area contributed by atoms with E-state index < -0.39 is 0 Å². The lowest BCUT2D eigenvalue weighted by atomic mass is 9.66. The van der Waals surface area contributed by atoms with Gasteiger partial charge in [-0.2, -0.15) is 0 Å². The fourth-order valence-electron chi connectivity index (χ4n) is 2.09. The number of likely N-dealkylation sites (tertiary alicyclic amines) is 1. The predicted octanol–water partition coefficient (Wildman–Crippen LogP) is -3.83. The van der Waals surface area contributed by atoms with Gasteiger partial charge in [-0.3, -0.25) is 9.59 Å². The van der Waals surface area contributed by atoms with Crippen LogP contribution >= 0.6 is 0 Å². The van der Waals surface area contributed by atoms with E-state index in [-0.39, 0.29) is 30.2 Å². The summed E-state index contributed by atoms with van der Waals surface area (Å²) in [7, 11) is 4.83. The van der Waals surface area contributed by atoms with Crippen molar-refractivity contribution in [3.63, 3.8) is 0 Å². The Balaban J connectivity index is 2.53. The van der Waals surface area contributed by atoms with E-state index in [4.69, 9.17) is 0 Å². The van der Waals surface area contributed by atoms with Crippen molar-refractivity contribution in [2.45, 2.75) is 25.4 Å². The average Bonchev–Trinajstić information content (AvgIpc) is 2.61. The molecule has 0 aromatic rings. The molecule has 8 heteroatoms. The highest BCUT2D eigenvalue weighted by atomic mass is 16.2. The third-order valence-electron chi connectivity index (χ3n) is 2.91. The molecule has 86 valence electrons. The molecule has 0 bridgehead atoms. The van der Waals surface area contributed by atoms with Gasteiger partial charge in [0.1, 0.15) is 5.78 Å². The number of Topliss-reactive ketones (excluding diaryl/α,β-unsaturated/α-hetero) is 1. The molecule has 1 fully saturated rings. The highest BCUT2D eigenvalue weighted by Crippen LogP contribution is 2.11. The van der Waals surface area contributed by atoms with E-state index >= 15 is 0 Å². The Morgan fingerprint density at radius 2 is 2.06 bits per heavy atom. The summed E-state index contributed by atoms with van der Waals surface area (Å²) in [5, 5.41) is 6.54. The predicted molar refractivity (Wildman–Crippen MR) is 70.0 cm³/mol. The number of carbonyl (C=O) groups is 2. The van der Waals surface area contributed by atoms with E-state index in [1.807, 2.05) is 15.7 Å². The van der Waals surface area contributed by atoms with Crippen LogP contribution in [0.15, 0.2) is 0 Å². The van der Waals surface area contributed by atoms with Crippen molar-refractivity contribution in [1.29, 1.82) is 0 Å². The number of rotatable bonds is 5. The standard InChI is InChI=1S/C8H18B3N3O2/c1-5(15)2-8(16)14-3-6(12-10)7(4-14)13-11-9/h6-7,11-13H,2-4,9-10H2,1H3. The minimum absolute atomic E-state index is 0.0231. The molecule has 0 aliphatic carbocycles. The maximum atomic E-state index is 11.7. The number of nitrogens with one attached hydrogen (secondary N) is 2. The molecule has 0 aromatic carbocycles. The second-order valence-electron chi connectivity index (χ2n) is 4.24. The first-order valence-corrected chi connectivity index (χ1v) is 5.76. The number of hydrogen-bond acceptors (Lipinski definition) is 4. The fraction of sp³-hybridized carbons (Fsp3) is 0.750. The van der Waals surface area contributed by atoms with Crippen LogP contribution in [0, 0.1) is 0 Å². The summed E-state index contributed by atoms with van der Waals surface area (Å²) in [6.07, 6.45) is 0.0231. The van der Waals surface area contributed by atoms with Gasteiger partial charge in [-0.05, 0) is 6.92 Å². The van der Waals surface area contributed by atoms with Gasteiger partial charge in [-0.15, -0.1) is 0 Å². The van der Waals surface area contributed by atoms with Crippen molar-refractivity contribution in [1.82, 2.24) is 15.4 Å². The highest BCUT2D eigenvalue weighted by Gasteiger charge is 2.33. The number of amides is 1. The average molecular weight is 221 g/mol. The van der Waals surface area contributed by atoms with Gasteiger partial charge in [0.15, 0.2) is 15.3 Å². The third kappa shape index (κ3) is 3.38. The Hall–Kier alpha value is -0.745. The van der Waals surface area contributed by atoms with E-state index in [2.05, 4.69) is 10.5 Å². The summed E-state index contributed by atoms with van der Waals surface area (Å²) >= 11 is 0. The van der Waals surface area contributed by atoms with Crippen LogP contribution in [-0.4, -0.2) is 64.8 Å². The lowest BCUT2D eigenvalue weighted by Crippen LogP contribution is -2.47. The zero-order valence-electron chi connectivity index (χ0n) is 10.2. The maximum Gasteiger partial charge on any atom is 0.230 e. The monoisotopic (exact) mass is 221 g/mol. The van der Waals surface area contributed by atoms with Gasteiger partial charge < -0.3 is 15.4 Å². The molecule has 0 aromatic heterocycles. The van der Waals surface area contributed by atoms with Gasteiger partial charge in [-0.1, -0.05) is 0 Å². The van der Waals surface area contributed by atoms with Crippen molar-refractivity contribution in [2.24, 2.45) is 0 Å². The lowest BCUT2D eigenvalue weighted by molar-refractivity contribution is -0.134. The topological polar surface area (TPSA) is 61.4 Å². The molecule has 1 rings (SSSR count). The molecule has 2 unspecified atom stereocenters. The molecule has 1 saturated heterocycles. The Morgan fingerprint density at radius 3 is 2.56 bits per heavy atom. The maximum absolute atomic E-state index is 11.7. The second-order valence-corrected chi connectivity index (χ2v) is 4.24. The van der Waals surface area contributed by atoms with E-state index in [1.165, 1.54) is 6.92 Å². The number of ketones is 1. The number of carbonyl (C=O) groups excluding carboxylic acids is 2. The van der Waals surface area contributed by atoms with E-state index in [0.717, 1.165) is 7.31 Å². The zero-order valence-corrected chi connectivity index (χ0v) is 10.2. The molecule has 1 aliphatic rings. The molecular formula is C8H18B3N3O2. The minimum Gasteiger partial charge on any atom is -0.361 e. The van der Waals surface area contributed by atoms with Crippen molar-refractivity contribution >= 4 is 34.7 Å². The van der Waals surface area contributed by atoms with Crippen LogP contribution in [0.5, 0.6) is 0 Å². The smallest absolute Gasteiger partial charge is 0.230 e. The Bertz CT molecular complexity index is 277. The van der Waals surface area contributed by atoms with Gasteiger partial charge in [0.2, 0.25) is 5.91 Å². The Morgan fingerprint density at radius 1 is 1.44 bits per heavy atom. The van der Waals surface area contributed by atoms with Gasteiger partial charge in [0.25, 0.3) is 0 Å². The van der Waals surface area contributed by atoms with Crippen molar-refractivity contribution in [3.8, 4) is 0 Å². The molecule has 5 nitrogen and oxygen atoms in total. The van der Waals surface area contributed by atoms with Gasteiger partial charge in [0.05, 0.1) is 14.2 Å². The fourth-order valence-corrected chi connectivity index (χ4v) is 2.09. The molecule has 0 spiro atoms. The van der Waals surface area contributed by atoms with Crippen molar-refractivity contribution < 1.29 is 9.59 Å². The summed E-state index contributed by atoms with van der Waals surface area (Å²) in [5.41, 5.74) is 0. The van der Waals surface area contributed by atoms with Crippen molar-refractivity contribution in [3.05, 3.63) is 0 Å². The van der Waals surface area contributed by atoms with Crippen LogP contribution in [0.2, 0.25) is 0 Å². The summed E-state index contributed by atoms with van der Waals surface area (Å²) in [6.45, 7) is 2.82. The normalized spacial score (nSPS) is 24.4. The van der Waals surface area contributed by atoms with Gasteiger partial charge in [0, 0.05) is 25.2 Å². The van der Waals surface area contributed by atoms with E-state index in [0.29, 0.717) is 13.1 Å². The molecular weight excluding hydrogens is 203 g/mol. The summed E-state index contributed by atoms with van der Waals surface area (Å²) in [6, 6.07) is 0.557. The van der Waals surface area contributed by atoms with Crippen molar-refractivity contribution in [2.75, 3.05) is 13.1 Å². The largest absolute Gasteiger partial charge is 0.361 e. The quantitative estimate of drug-likeness (QED) is 0.368. The molecule has 1 heterocycles. The van der Waals surface area contributed by atoms with Crippen LogP contribution < -0.4 is 10.5 Å². The van der Waals surface area contributed by atoms with Gasteiger partial charge in [-0.25, -0.2) is 0 Å². The summed E-state index contributed by atoms with van der Waals surface area (Å²) in [4.78, 5) is 24.4. The molecule has 1 aliphatic heterocycles. The molecule has 2 atom stereocenters. The van der Waals surface area contributed by atoms with E-state index in [1.54, 1.807) is 4.90 Å². The van der Waals surface area contributed by atoms with Crippen LogP contribution in [-0.2, 0) is 9.59 Å². The zero-order chi connectivity index (χ0) is 12.1. The molecule has 16 heavy (non-hydrogen) atoms. The first kappa shape index (κ1) is 13.3. The first-order valence-electron chi connectivity index (χ1n) is 5.76. The number of hydrogen-bond donors (Lipinski definition) is 2. The molecule has 1 amide bonds. The molecule has 0 saturated carbocycles. The SMILES string of the molecule is BBNC1CN(C(=O)CC(C)=O)CC1NB. The highest BCUT2D eigenvalue weighted by molar-refractivity contribution is 6.87. The lowest BCUT2D eigenvalue weighted by Gasteiger charge is -2.17. The van der Waals surface area contributed by atoms with Gasteiger partial charge >= 0.3 is 0 Å². The summed E-state index contributed by atoms with van der Waals surface area (Å²) < 4.78 is 0. The molecule has 2 N–H and O–H groups in total. The Kier molecular flexibility index (Phi) is 5.08. The second kappa shape index (κ2) is 6.10. The number of nitrogens with zero attached hydrogens (tertiary/aromatic N) is 1. The van der Waals surface area contributed by atoms with Crippen LogP contribution in [0.25, 0.3) is 0 Å². The summed E-state index contributed by atoms with van der Waals surface area (Å²) in [5.74, 6) is -0.133. The van der Waals surface area contributed by atoms with Crippen LogP contribution in [0.4, 0.5) is 0 Å². The van der Waals surface area contributed by atoms with Crippen LogP contribution in [0.3, 0.4) is 0 Å². The van der Waals surface area contributed by atoms with Crippen LogP contribution in [0.1, 0.15) is 13.3 Å². The first-order chi connectivity index (χ1) is 7.58. The molecule has 0 radical (unpaired) electrons. The van der Waals surface area contributed by atoms with E-state index in [9.17, 15) is 9.59 Å². The minimum atomic E-state index is -0.0714. The Labute approximate surface area is 98.8 Å². The third-order valence-corrected chi connectivity index (χ3v) is 2.91.